The highest BCUT2D eigenvalue weighted by Crippen LogP contribution is 2.34. The van der Waals surface area contributed by atoms with Crippen LogP contribution in [-0.4, -0.2) is 20.9 Å². The molecule has 6 heteroatoms. The van der Waals surface area contributed by atoms with E-state index in [1.165, 1.54) is 0 Å². The van der Waals surface area contributed by atoms with E-state index in [-0.39, 0.29) is 18.4 Å². The first kappa shape index (κ1) is 16.7. The maximum atomic E-state index is 12.5. The van der Waals surface area contributed by atoms with Crippen molar-refractivity contribution < 1.29 is 13.2 Å². The second-order valence-corrected chi connectivity index (χ2v) is 7.82. The monoisotopic (exact) mass is 344 g/mol. The van der Waals surface area contributed by atoms with Gasteiger partial charge in [-0.2, -0.15) is 0 Å². The molecule has 0 saturated heterocycles. The number of rotatable bonds is 5. The Morgan fingerprint density at radius 2 is 1.88 bits per heavy atom. The van der Waals surface area contributed by atoms with Gasteiger partial charge in [0.15, 0.2) is 0 Å². The lowest BCUT2D eigenvalue weighted by atomic mass is 9.97. The largest absolute Gasteiger partial charge is 0.325 e. The minimum atomic E-state index is -3.58. The Kier molecular flexibility index (Phi) is 4.43. The van der Waals surface area contributed by atoms with Crippen molar-refractivity contribution in [3.8, 4) is 0 Å². The van der Waals surface area contributed by atoms with Crippen molar-refractivity contribution in [3.05, 3.63) is 59.2 Å². The number of carbonyl (C=O) groups excluding carboxylic acids is 1. The lowest BCUT2D eigenvalue weighted by molar-refractivity contribution is -0.117. The molecule has 0 saturated carbocycles. The molecule has 2 aromatic rings. The predicted molar refractivity (Wildman–Crippen MR) is 93.5 cm³/mol. The molecule has 1 aliphatic heterocycles. The molecule has 1 atom stereocenters. The van der Waals surface area contributed by atoms with Crippen molar-refractivity contribution in [2.24, 2.45) is 0 Å². The van der Waals surface area contributed by atoms with E-state index in [1.54, 1.807) is 19.1 Å². The normalized spacial score (nSPS) is 16.8. The van der Waals surface area contributed by atoms with Gasteiger partial charge < -0.3 is 5.32 Å². The molecule has 0 aliphatic carbocycles. The summed E-state index contributed by atoms with van der Waals surface area (Å²) in [4.78, 5) is 12.4. The molecular weight excluding hydrogens is 324 g/mol. The van der Waals surface area contributed by atoms with Crippen LogP contribution in [0.25, 0.3) is 0 Å². The van der Waals surface area contributed by atoms with Gasteiger partial charge >= 0.3 is 0 Å². The van der Waals surface area contributed by atoms with Gasteiger partial charge in [0.1, 0.15) is 0 Å². The number of nitrogens with one attached hydrogen (secondary N) is 2. The summed E-state index contributed by atoms with van der Waals surface area (Å²) in [6.07, 6.45) is 0.424. The summed E-state index contributed by atoms with van der Waals surface area (Å²) in [7, 11) is -3.58. The number of hydrogen-bond donors (Lipinski definition) is 2. The average Bonchev–Trinajstić information content (AvgIpc) is 2.85. The van der Waals surface area contributed by atoms with Crippen LogP contribution in [0, 0.1) is 13.8 Å². The zero-order valence-corrected chi connectivity index (χ0v) is 14.5. The molecule has 1 heterocycles. The minimum absolute atomic E-state index is 0.0814. The molecule has 5 nitrogen and oxygen atoms in total. The van der Waals surface area contributed by atoms with E-state index in [2.05, 4.69) is 10.0 Å². The molecule has 1 unspecified atom stereocenters. The fourth-order valence-corrected chi connectivity index (χ4v) is 4.35. The molecule has 2 aromatic carbocycles. The number of sulfonamides is 1. The first-order valence-electron chi connectivity index (χ1n) is 7.85. The van der Waals surface area contributed by atoms with Crippen molar-refractivity contribution in [1.82, 2.24) is 4.72 Å². The number of fused-ring (bicyclic) bond motifs is 1. The molecule has 0 bridgehead atoms. The van der Waals surface area contributed by atoms with Gasteiger partial charge in [0.05, 0.1) is 10.8 Å². The molecule has 1 aliphatic rings. The molecule has 2 N–H and O–H groups in total. The van der Waals surface area contributed by atoms with E-state index in [1.807, 2.05) is 37.3 Å². The van der Waals surface area contributed by atoms with Crippen LogP contribution in [-0.2, 0) is 14.8 Å². The first-order valence-corrected chi connectivity index (χ1v) is 9.33. The Bertz CT molecular complexity index is 891. The third-order valence-electron chi connectivity index (χ3n) is 4.27. The quantitative estimate of drug-likeness (QED) is 0.876. The van der Waals surface area contributed by atoms with Crippen molar-refractivity contribution in [2.75, 3.05) is 11.9 Å². The van der Waals surface area contributed by atoms with Crippen molar-refractivity contribution in [3.63, 3.8) is 0 Å². The molecule has 24 heavy (non-hydrogen) atoms. The summed E-state index contributed by atoms with van der Waals surface area (Å²) < 4.78 is 27.6. The number of anilines is 1. The summed E-state index contributed by atoms with van der Waals surface area (Å²) in [6, 6.07) is 12.8. The van der Waals surface area contributed by atoms with E-state index >= 15 is 0 Å². The highest BCUT2D eigenvalue weighted by Gasteiger charge is 2.30. The van der Waals surface area contributed by atoms with Crippen LogP contribution in [0.2, 0.25) is 0 Å². The van der Waals surface area contributed by atoms with E-state index < -0.39 is 10.0 Å². The Morgan fingerprint density at radius 3 is 2.67 bits per heavy atom. The molecule has 3 rings (SSSR count). The van der Waals surface area contributed by atoms with E-state index in [0.29, 0.717) is 16.9 Å². The summed E-state index contributed by atoms with van der Waals surface area (Å²) in [5.74, 6) is -0.398. The SMILES string of the molecule is Cc1ccc(C)c(S(=O)(=O)NCCC2C(=O)Nc3ccccc32)c1. The minimum Gasteiger partial charge on any atom is -0.325 e. The van der Waals surface area contributed by atoms with Gasteiger partial charge in [-0.05, 0) is 49.1 Å². The zero-order valence-electron chi connectivity index (χ0n) is 13.7. The number of hydrogen-bond acceptors (Lipinski definition) is 3. The molecule has 0 aromatic heterocycles. The number of aryl methyl sites for hydroxylation is 2. The van der Waals surface area contributed by atoms with Gasteiger partial charge in [-0.25, -0.2) is 13.1 Å². The van der Waals surface area contributed by atoms with Gasteiger partial charge in [0.2, 0.25) is 15.9 Å². The van der Waals surface area contributed by atoms with Crippen molar-refractivity contribution in [1.29, 1.82) is 0 Å². The van der Waals surface area contributed by atoms with Crippen LogP contribution >= 0.6 is 0 Å². The van der Waals surface area contributed by atoms with Crippen molar-refractivity contribution in [2.45, 2.75) is 31.1 Å². The summed E-state index contributed by atoms with van der Waals surface area (Å²) in [5.41, 5.74) is 3.33. The summed E-state index contributed by atoms with van der Waals surface area (Å²) in [5, 5.41) is 2.83. The predicted octanol–water partition coefficient (Wildman–Crippen LogP) is 2.71. The third-order valence-corrected chi connectivity index (χ3v) is 5.87. The van der Waals surface area contributed by atoms with E-state index in [0.717, 1.165) is 16.8 Å². The fourth-order valence-electron chi connectivity index (χ4n) is 2.97. The van der Waals surface area contributed by atoms with Crippen LogP contribution < -0.4 is 10.0 Å². The smallest absolute Gasteiger partial charge is 0.240 e. The molecule has 0 spiro atoms. The Hall–Kier alpha value is -2.18. The standard InChI is InChI=1S/C18H20N2O3S/c1-12-7-8-13(2)17(11-12)24(22,23)19-10-9-15-14-5-3-4-6-16(14)20-18(15)21/h3-8,11,15,19H,9-10H2,1-2H3,(H,20,21). The van der Waals surface area contributed by atoms with Gasteiger partial charge in [0.25, 0.3) is 0 Å². The van der Waals surface area contributed by atoms with Crippen LogP contribution in [0.5, 0.6) is 0 Å². The third kappa shape index (κ3) is 3.20. The van der Waals surface area contributed by atoms with Gasteiger partial charge in [-0.1, -0.05) is 30.3 Å². The van der Waals surface area contributed by atoms with Crippen molar-refractivity contribution >= 4 is 21.6 Å². The maximum Gasteiger partial charge on any atom is 0.240 e. The second-order valence-electron chi connectivity index (χ2n) is 6.08. The average molecular weight is 344 g/mol. The highest BCUT2D eigenvalue weighted by molar-refractivity contribution is 7.89. The number of para-hydroxylation sites is 1. The molecule has 1 amide bonds. The summed E-state index contributed by atoms with van der Waals surface area (Å²) >= 11 is 0. The van der Waals surface area contributed by atoms with Gasteiger partial charge in [0, 0.05) is 12.2 Å². The lowest BCUT2D eigenvalue weighted by Gasteiger charge is -2.12. The zero-order chi connectivity index (χ0) is 17.3. The molecule has 0 radical (unpaired) electrons. The van der Waals surface area contributed by atoms with Crippen LogP contribution in [0.15, 0.2) is 47.4 Å². The highest BCUT2D eigenvalue weighted by atomic mass is 32.2. The number of benzene rings is 2. The summed E-state index contributed by atoms with van der Waals surface area (Å²) in [6.45, 7) is 3.84. The first-order chi connectivity index (χ1) is 11.4. The molecular formula is C18H20N2O3S. The molecule has 0 fully saturated rings. The van der Waals surface area contributed by atoms with E-state index in [9.17, 15) is 13.2 Å². The van der Waals surface area contributed by atoms with Crippen LogP contribution in [0.1, 0.15) is 29.0 Å². The Morgan fingerprint density at radius 1 is 1.12 bits per heavy atom. The topological polar surface area (TPSA) is 75.3 Å². The van der Waals surface area contributed by atoms with Gasteiger partial charge in [-0.15, -0.1) is 0 Å². The van der Waals surface area contributed by atoms with E-state index in [4.69, 9.17) is 0 Å². The number of carbonyl (C=O) groups is 1. The molecule has 126 valence electrons. The Labute approximate surface area is 142 Å². The number of amides is 1. The van der Waals surface area contributed by atoms with Crippen LogP contribution in [0.3, 0.4) is 0 Å². The maximum absolute atomic E-state index is 12.5. The lowest BCUT2D eigenvalue weighted by Crippen LogP contribution is -2.27. The Balaban J connectivity index is 1.70. The second kappa shape index (κ2) is 6.37. The van der Waals surface area contributed by atoms with Gasteiger partial charge in [-0.3, -0.25) is 4.79 Å². The van der Waals surface area contributed by atoms with Crippen LogP contribution in [0.4, 0.5) is 5.69 Å². The fraction of sp³-hybridized carbons (Fsp3) is 0.278.